The van der Waals surface area contributed by atoms with Crippen LogP contribution in [0.3, 0.4) is 0 Å². The Morgan fingerprint density at radius 2 is 2.35 bits per heavy atom. The van der Waals surface area contributed by atoms with Gasteiger partial charge in [-0.2, -0.15) is 0 Å². The number of hydrogen-bond acceptors (Lipinski definition) is 4. The van der Waals surface area contributed by atoms with Crippen LogP contribution in [0, 0.1) is 5.92 Å². The smallest absolute Gasteiger partial charge is 0.123 e. The third-order valence-electron chi connectivity index (χ3n) is 3.37. The molecule has 0 saturated heterocycles. The van der Waals surface area contributed by atoms with E-state index in [4.69, 9.17) is 0 Å². The second-order valence-corrected chi connectivity index (χ2v) is 6.40. The van der Waals surface area contributed by atoms with E-state index in [1.54, 1.807) is 6.34 Å². The van der Waals surface area contributed by atoms with E-state index in [0.29, 0.717) is 5.92 Å². The van der Waals surface area contributed by atoms with E-state index in [1.807, 2.05) is 11.9 Å². The lowest BCUT2D eigenvalue weighted by Gasteiger charge is -2.38. The molecule has 0 saturated carbocycles. The fraction of sp³-hybridized carbons (Fsp3) is 0.833. The van der Waals surface area contributed by atoms with Crippen molar-refractivity contribution in [2.24, 2.45) is 15.9 Å². The number of aliphatic imine (C=N–C) groups is 2. The average Bonchev–Trinajstić information content (AvgIpc) is 2.40. The molecule has 5 heteroatoms. The van der Waals surface area contributed by atoms with Crippen molar-refractivity contribution in [3.05, 3.63) is 0 Å². The molecule has 1 aliphatic heterocycles. The fourth-order valence-electron chi connectivity index (χ4n) is 1.73. The Morgan fingerprint density at radius 3 is 3.00 bits per heavy atom. The molecule has 1 rings (SSSR count). The first kappa shape index (κ1) is 15.1. The summed E-state index contributed by atoms with van der Waals surface area (Å²) in [5.41, 5.74) is -0.188. The quantitative estimate of drug-likeness (QED) is 0.472. The number of nitrogens with zero attached hydrogens (tertiary/aromatic N) is 3. The van der Waals surface area contributed by atoms with Crippen molar-refractivity contribution in [1.82, 2.24) is 4.31 Å². The summed E-state index contributed by atoms with van der Waals surface area (Å²) in [6.07, 6.45) is 5.03. The fourth-order valence-corrected chi connectivity index (χ4v) is 3.23. The molecule has 17 heavy (non-hydrogen) atoms. The summed E-state index contributed by atoms with van der Waals surface area (Å²) in [6, 6.07) is 0. The molecule has 0 radical (unpaired) electrons. The normalized spacial score (nSPS) is 29.3. The molecule has 0 aromatic rings. The molecule has 0 aromatic heterocycles. The van der Waals surface area contributed by atoms with Crippen LogP contribution in [-0.4, -0.2) is 34.2 Å². The summed E-state index contributed by atoms with van der Waals surface area (Å²) in [7, 11) is 2.12. The van der Waals surface area contributed by atoms with Crippen LogP contribution in [0.2, 0.25) is 0 Å². The first-order valence-electron chi connectivity index (χ1n) is 6.16. The number of rotatable bonds is 5. The zero-order valence-corrected chi connectivity index (χ0v) is 12.9. The van der Waals surface area contributed by atoms with Gasteiger partial charge in [0.05, 0.1) is 5.04 Å². The predicted molar refractivity (Wildman–Crippen MR) is 82.2 cm³/mol. The number of thiol groups is 1. The van der Waals surface area contributed by atoms with Gasteiger partial charge < -0.3 is 0 Å². The zero-order valence-electron chi connectivity index (χ0n) is 11.2. The maximum absolute atomic E-state index is 4.61. The molecular formula is C12H23N3S2. The maximum Gasteiger partial charge on any atom is 0.123 e. The van der Waals surface area contributed by atoms with Crippen LogP contribution in [-0.2, 0) is 0 Å². The minimum atomic E-state index is -0.188. The lowest BCUT2D eigenvalue weighted by atomic mass is 9.94. The van der Waals surface area contributed by atoms with Crippen molar-refractivity contribution in [2.75, 3.05) is 12.8 Å². The van der Waals surface area contributed by atoms with Gasteiger partial charge in [0, 0.05) is 18.1 Å². The first-order chi connectivity index (χ1) is 8.00. The Bertz CT molecular complexity index is 304. The molecule has 0 aliphatic carbocycles. The van der Waals surface area contributed by atoms with Crippen molar-refractivity contribution < 1.29 is 0 Å². The van der Waals surface area contributed by atoms with E-state index in [9.17, 15) is 0 Å². The second-order valence-electron chi connectivity index (χ2n) is 4.67. The molecule has 98 valence electrons. The summed E-state index contributed by atoms with van der Waals surface area (Å²) in [5.74, 6) is 1.57. The molecular weight excluding hydrogens is 250 g/mol. The Labute approximate surface area is 115 Å². The average molecular weight is 273 g/mol. The van der Waals surface area contributed by atoms with Crippen molar-refractivity contribution in [3.63, 3.8) is 0 Å². The van der Waals surface area contributed by atoms with Gasteiger partial charge in [-0.25, -0.2) is 9.30 Å². The van der Waals surface area contributed by atoms with Crippen LogP contribution >= 0.6 is 24.6 Å². The van der Waals surface area contributed by atoms with Crippen LogP contribution in [0.1, 0.15) is 40.0 Å². The van der Waals surface area contributed by atoms with Crippen molar-refractivity contribution in [3.8, 4) is 0 Å². The standard InChI is InChI=1S/C12H23N3S2/c1-5-6-7-17-15(4)12(3)10(2)8-11(16)13-9-14-12/h9-10H,5-8H2,1-4H3,(H,13,14,16). The third-order valence-corrected chi connectivity index (χ3v) is 4.89. The lowest BCUT2D eigenvalue weighted by Crippen LogP contribution is -2.44. The van der Waals surface area contributed by atoms with E-state index in [0.717, 1.165) is 17.2 Å². The molecule has 0 aromatic carbocycles. The molecule has 0 fully saturated rings. The van der Waals surface area contributed by atoms with Crippen LogP contribution in [0.25, 0.3) is 0 Å². The van der Waals surface area contributed by atoms with Gasteiger partial charge in [-0.15, -0.1) is 12.6 Å². The summed E-state index contributed by atoms with van der Waals surface area (Å²) in [4.78, 5) is 8.81. The Morgan fingerprint density at radius 1 is 1.65 bits per heavy atom. The molecule has 0 amide bonds. The SMILES string of the molecule is CCCCSN(C)C1(C)N=CN=C(S)CC1C. The van der Waals surface area contributed by atoms with E-state index < -0.39 is 0 Å². The highest BCUT2D eigenvalue weighted by molar-refractivity contribution is 7.97. The minimum absolute atomic E-state index is 0.188. The van der Waals surface area contributed by atoms with E-state index in [2.05, 4.69) is 54.7 Å². The van der Waals surface area contributed by atoms with E-state index in [1.165, 1.54) is 12.8 Å². The van der Waals surface area contributed by atoms with Gasteiger partial charge in [0.25, 0.3) is 0 Å². The second kappa shape index (κ2) is 6.81. The first-order valence-corrected chi connectivity index (χ1v) is 7.55. The highest BCUT2D eigenvalue weighted by Gasteiger charge is 2.36. The maximum atomic E-state index is 4.61. The molecule has 3 nitrogen and oxygen atoms in total. The molecule has 0 bridgehead atoms. The van der Waals surface area contributed by atoms with Crippen LogP contribution in [0.15, 0.2) is 9.98 Å². The molecule has 2 atom stereocenters. The topological polar surface area (TPSA) is 28.0 Å². The van der Waals surface area contributed by atoms with Crippen LogP contribution < -0.4 is 0 Å². The molecule has 0 N–H and O–H groups in total. The Kier molecular flexibility index (Phi) is 6.03. The Balaban J connectivity index is 2.66. The number of hydrogen-bond donors (Lipinski definition) is 1. The monoisotopic (exact) mass is 273 g/mol. The highest BCUT2D eigenvalue weighted by atomic mass is 32.2. The molecule has 1 heterocycles. The zero-order chi connectivity index (χ0) is 12.9. The van der Waals surface area contributed by atoms with Gasteiger partial charge in [0.2, 0.25) is 0 Å². The molecule has 0 spiro atoms. The summed E-state index contributed by atoms with van der Waals surface area (Å²) < 4.78 is 2.27. The van der Waals surface area contributed by atoms with E-state index >= 15 is 0 Å². The number of unbranched alkanes of at least 4 members (excludes halogenated alkanes) is 1. The summed E-state index contributed by atoms with van der Waals surface area (Å²) in [5, 5.41) is 0.872. The third kappa shape index (κ3) is 4.00. The largest absolute Gasteiger partial charge is 0.250 e. The highest BCUT2D eigenvalue weighted by Crippen LogP contribution is 2.34. The minimum Gasteiger partial charge on any atom is -0.250 e. The van der Waals surface area contributed by atoms with Crippen LogP contribution in [0.5, 0.6) is 0 Å². The summed E-state index contributed by atoms with van der Waals surface area (Å²) in [6.45, 7) is 6.61. The van der Waals surface area contributed by atoms with Crippen LogP contribution in [0.4, 0.5) is 0 Å². The van der Waals surface area contributed by atoms with Gasteiger partial charge in [-0.1, -0.05) is 32.2 Å². The van der Waals surface area contributed by atoms with Gasteiger partial charge in [0.1, 0.15) is 12.0 Å². The molecule has 1 aliphatic rings. The van der Waals surface area contributed by atoms with Gasteiger partial charge in [-0.3, -0.25) is 4.99 Å². The van der Waals surface area contributed by atoms with Crippen molar-refractivity contribution >= 4 is 36.0 Å². The van der Waals surface area contributed by atoms with Gasteiger partial charge >= 0.3 is 0 Å². The van der Waals surface area contributed by atoms with Crippen molar-refractivity contribution in [1.29, 1.82) is 0 Å². The Hall–Kier alpha value is -0.0000000000000000555. The lowest BCUT2D eigenvalue weighted by molar-refractivity contribution is 0.189. The summed E-state index contributed by atoms with van der Waals surface area (Å²) >= 11 is 6.22. The molecule has 2 unspecified atom stereocenters. The van der Waals surface area contributed by atoms with Crippen molar-refractivity contribution in [2.45, 2.75) is 45.7 Å². The van der Waals surface area contributed by atoms with Gasteiger partial charge in [0.15, 0.2) is 0 Å². The predicted octanol–water partition coefficient (Wildman–Crippen LogP) is 3.48. The van der Waals surface area contributed by atoms with Gasteiger partial charge in [-0.05, 0) is 20.4 Å². The van der Waals surface area contributed by atoms with E-state index in [-0.39, 0.29) is 5.66 Å².